The molecule has 0 aliphatic carbocycles. The molecule has 1 aromatic carbocycles. The van der Waals surface area contributed by atoms with Crippen molar-refractivity contribution in [3.05, 3.63) is 35.9 Å². The molecule has 2 rings (SSSR count). The fourth-order valence-corrected chi connectivity index (χ4v) is 4.34. The highest BCUT2D eigenvalue weighted by Gasteiger charge is 2.33. The van der Waals surface area contributed by atoms with E-state index in [2.05, 4.69) is 5.32 Å². The van der Waals surface area contributed by atoms with Crippen LogP contribution in [-0.2, 0) is 14.6 Å². The molecule has 120 valence electrons. The number of nitrogens with one attached hydrogen (secondary N) is 1. The molecule has 0 radical (unpaired) electrons. The number of likely N-dealkylation sites (N-methyl/N-ethyl adjacent to an activating group) is 1. The first-order valence-corrected chi connectivity index (χ1v) is 9.08. The van der Waals surface area contributed by atoms with Crippen molar-refractivity contribution >= 4 is 21.7 Å². The van der Waals surface area contributed by atoms with Gasteiger partial charge in [-0.25, -0.2) is 8.42 Å². The van der Waals surface area contributed by atoms with Crippen LogP contribution in [0.15, 0.2) is 30.3 Å². The Kier molecular flexibility index (Phi) is 5.18. The van der Waals surface area contributed by atoms with Gasteiger partial charge in [0.15, 0.2) is 9.84 Å². The van der Waals surface area contributed by atoms with Gasteiger partial charge in [-0.2, -0.15) is 0 Å². The van der Waals surface area contributed by atoms with Gasteiger partial charge in [-0.1, -0.05) is 18.2 Å². The van der Waals surface area contributed by atoms with E-state index in [0.29, 0.717) is 18.5 Å². The Hall–Kier alpha value is -1.89. The van der Waals surface area contributed by atoms with Gasteiger partial charge in [0.25, 0.3) is 5.91 Å². The molecule has 1 aliphatic heterocycles. The van der Waals surface area contributed by atoms with Crippen LogP contribution in [0.4, 0.5) is 0 Å². The second kappa shape index (κ2) is 6.91. The molecule has 7 heteroatoms. The summed E-state index contributed by atoms with van der Waals surface area (Å²) in [6, 6.07) is 8.36. The van der Waals surface area contributed by atoms with E-state index in [4.69, 9.17) is 0 Å². The number of nitrogens with zero attached hydrogens (tertiary/aromatic N) is 1. The molecule has 2 amide bonds. The third kappa shape index (κ3) is 4.07. The van der Waals surface area contributed by atoms with Crippen molar-refractivity contribution in [2.45, 2.75) is 19.4 Å². The second-order valence-corrected chi connectivity index (χ2v) is 7.51. The molecule has 0 aromatic heterocycles. The molecule has 0 saturated carbocycles. The van der Waals surface area contributed by atoms with E-state index in [1.807, 2.05) is 6.92 Å². The summed E-state index contributed by atoms with van der Waals surface area (Å²) in [5.41, 5.74) is 0.488. The summed E-state index contributed by atoms with van der Waals surface area (Å²) in [6.45, 7) is 2.11. The number of benzene rings is 1. The first-order valence-electron chi connectivity index (χ1n) is 7.26. The second-order valence-electron chi connectivity index (χ2n) is 5.29. The molecule has 0 bridgehead atoms. The average molecular weight is 324 g/mol. The number of carbonyl (C=O) groups is 2. The lowest BCUT2D eigenvalue weighted by Gasteiger charge is -2.27. The third-order valence-electron chi connectivity index (χ3n) is 3.75. The Balaban J connectivity index is 1.92. The first-order chi connectivity index (χ1) is 10.4. The molecule has 1 atom stereocenters. The Morgan fingerprint density at radius 2 is 1.95 bits per heavy atom. The van der Waals surface area contributed by atoms with Crippen molar-refractivity contribution in [1.29, 1.82) is 0 Å². The topological polar surface area (TPSA) is 83.6 Å². The monoisotopic (exact) mass is 324 g/mol. The zero-order valence-electron chi connectivity index (χ0n) is 12.5. The Bertz CT molecular complexity index is 643. The number of rotatable bonds is 5. The molecular formula is C15H20N2O4S. The van der Waals surface area contributed by atoms with Gasteiger partial charge in [0.2, 0.25) is 5.91 Å². The molecule has 22 heavy (non-hydrogen) atoms. The van der Waals surface area contributed by atoms with Gasteiger partial charge in [0.05, 0.1) is 18.1 Å². The first kappa shape index (κ1) is 16.5. The molecular weight excluding hydrogens is 304 g/mol. The molecule has 1 saturated heterocycles. The van der Waals surface area contributed by atoms with Crippen LogP contribution < -0.4 is 5.32 Å². The molecule has 1 unspecified atom stereocenters. The molecule has 1 aromatic rings. The van der Waals surface area contributed by atoms with Gasteiger partial charge in [0.1, 0.15) is 0 Å². The van der Waals surface area contributed by atoms with Crippen LogP contribution in [0.3, 0.4) is 0 Å². The maximum Gasteiger partial charge on any atom is 0.251 e. The van der Waals surface area contributed by atoms with Crippen LogP contribution in [0, 0.1) is 0 Å². The van der Waals surface area contributed by atoms with E-state index in [1.54, 1.807) is 30.3 Å². The van der Waals surface area contributed by atoms with Gasteiger partial charge < -0.3 is 10.2 Å². The van der Waals surface area contributed by atoms with E-state index >= 15 is 0 Å². The summed E-state index contributed by atoms with van der Waals surface area (Å²) in [7, 11) is -3.04. The average Bonchev–Trinajstić information content (AvgIpc) is 2.86. The summed E-state index contributed by atoms with van der Waals surface area (Å²) >= 11 is 0. The van der Waals surface area contributed by atoms with Crippen molar-refractivity contribution < 1.29 is 18.0 Å². The summed E-state index contributed by atoms with van der Waals surface area (Å²) in [4.78, 5) is 25.7. The van der Waals surface area contributed by atoms with E-state index < -0.39 is 9.84 Å². The van der Waals surface area contributed by atoms with Crippen LogP contribution in [0.25, 0.3) is 0 Å². The fraction of sp³-hybridized carbons (Fsp3) is 0.467. The van der Waals surface area contributed by atoms with Gasteiger partial charge >= 0.3 is 0 Å². The SMILES string of the molecule is CCN(C(=O)CNC(=O)c1ccccc1)C1CCS(=O)(=O)C1. The predicted octanol–water partition coefficient (Wildman–Crippen LogP) is 0.452. The Labute approximate surface area is 130 Å². The molecule has 1 heterocycles. The minimum Gasteiger partial charge on any atom is -0.343 e. The normalized spacial score (nSPS) is 19.6. The van der Waals surface area contributed by atoms with E-state index in [1.165, 1.54) is 4.90 Å². The minimum atomic E-state index is -3.04. The van der Waals surface area contributed by atoms with Crippen molar-refractivity contribution in [2.75, 3.05) is 24.6 Å². The molecule has 6 nitrogen and oxygen atoms in total. The highest BCUT2D eigenvalue weighted by Crippen LogP contribution is 2.17. The quantitative estimate of drug-likeness (QED) is 0.852. The lowest BCUT2D eigenvalue weighted by atomic mass is 10.2. The van der Waals surface area contributed by atoms with E-state index in [-0.39, 0.29) is 35.9 Å². The number of sulfone groups is 1. The highest BCUT2D eigenvalue weighted by atomic mass is 32.2. The highest BCUT2D eigenvalue weighted by molar-refractivity contribution is 7.91. The number of carbonyl (C=O) groups excluding carboxylic acids is 2. The van der Waals surface area contributed by atoms with Crippen LogP contribution >= 0.6 is 0 Å². The summed E-state index contributed by atoms with van der Waals surface area (Å²) in [5, 5.41) is 2.58. The summed E-state index contributed by atoms with van der Waals surface area (Å²) < 4.78 is 23.1. The Morgan fingerprint density at radius 3 is 2.50 bits per heavy atom. The van der Waals surface area contributed by atoms with Crippen molar-refractivity contribution in [1.82, 2.24) is 10.2 Å². The fourth-order valence-electron chi connectivity index (χ4n) is 2.61. The number of amides is 2. The molecule has 0 spiro atoms. The molecule has 1 N–H and O–H groups in total. The van der Waals surface area contributed by atoms with E-state index in [9.17, 15) is 18.0 Å². The van der Waals surface area contributed by atoms with Crippen molar-refractivity contribution in [3.63, 3.8) is 0 Å². The molecule has 1 aliphatic rings. The standard InChI is InChI=1S/C15H20N2O4S/c1-2-17(13-8-9-22(20,21)11-13)14(18)10-16-15(19)12-6-4-3-5-7-12/h3-7,13H,2,8-11H2,1H3,(H,16,19). The zero-order valence-corrected chi connectivity index (χ0v) is 13.3. The minimum absolute atomic E-state index is 0.0131. The van der Waals surface area contributed by atoms with Crippen LogP contribution in [0.1, 0.15) is 23.7 Å². The van der Waals surface area contributed by atoms with Gasteiger partial charge in [0, 0.05) is 18.2 Å². The van der Waals surface area contributed by atoms with E-state index in [0.717, 1.165) is 0 Å². The van der Waals surface area contributed by atoms with Gasteiger partial charge in [-0.05, 0) is 25.5 Å². The third-order valence-corrected chi connectivity index (χ3v) is 5.50. The largest absolute Gasteiger partial charge is 0.343 e. The van der Waals surface area contributed by atoms with Crippen molar-refractivity contribution in [2.24, 2.45) is 0 Å². The van der Waals surface area contributed by atoms with Crippen LogP contribution in [0.5, 0.6) is 0 Å². The maximum atomic E-state index is 12.2. The zero-order chi connectivity index (χ0) is 16.2. The molecule has 1 fully saturated rings. The Morgan fingerprint density at radius 1 is 1.27 bits per heavy atom. The maximum absolute atomic E-state index is 12.2. The van der Waals surface area contributed by atoms with Gasteiger partial charge in [-0.15, -0.1) is 0 Å². The predicted molar refractivity (Wildman–Crippen MR) is 83.2 cm³/mol. The smallest absolute Gasteiger partial charge is 0.251 e. The summed E-state index contributed by atoms with van der Waals surface area (Å²) in [5.74, 6) is -0.435. The van der Waals surface area contributed by atoms with Crippen LogP contribution in [0.2, 0.25) is 0 Å². The number of hydrogen-bond donors (Lipinski definition) is 1. The number of hydrogen-bond acceptors (Lipinski definition) is 4. The lowest BCUT2D eigenvalue weighted by molar-refractivity contribution is -0.131. The lowest BCUT2D eigenvalue weighted by Crippen LogP contribution is -2.46. The van der Waals surface area contributed by atoms with Crippen molar-refractivity contribution in [3.8, 4) is 0 Å². The summed E-state index contributed by atoms with van der Waals surface area (Å²) in [6.07, 6.45) is 0.467. The van der Waals surface area contributed by atoms with Gasteiger partial charge in [-0.3, -0.25) is 9.59 Å². The van der Waals surface area contributed by atoms with Crippen LogP contribution in [-0.4, -0.2) is 55.8 Å².